The molecule has 2 aromatic rings. The Kier molecular flexibility index (Phi) is 8.96. The number of aromatic nitrogens is 4. The Balaban J connectivity index is 2.35. The van der Waals surface area contributed by atoms with Crippen molar-refractivity contribution in [1.29, 1.82) is 0 Å². The lowest BCUT2D eigenvalue weighted by Crippen LogP contribution is -2.27. The van der Waals surface area contributed by atoms with E-state index in [9.17, 15) is 13.5 Å². The molecule has 0 fully saturated rings. The molecule has 0 bridgehead atoms. The zero-order chi connectivity index (χ0) is 23.9. The Bertz CT molecular complexity index is 1000. The molecule has 0 saturated carbocycles. The summed E-state index contributed by atoms with van der Waals surface area (Å²) in [6.07, 6.45) is 2.08. The number of pyridine rings is 1. The first-order valence-corrected chi connectivity index (χ1v) is 12.1. The Labute approximate surface area is 189 Å². The average Bonchev–Trinajstić information content (AvgIpc) is 2.70. The highest BCUT2D eigenvalue weighted by molar-refractivity contribution is 7.91. The van der Waals surface area contributed by atoms with Crippen LogP contribution in [0.2, 0.25) is 0 Å². The number of ether oxygens (including phenoxy) is 2. The second-order valence-corrected chi connectivity index (χ2v) is 9.73. The van der Waals surface area contributed by atoms with E-state index in [0.29, 0.717) is 36.3 Å². The molecule has 0 aliphatic heterocycles. The fourth-order valence-electron chi connectivity index (χ4n) is 3.19. The number of nitrogens with one attached hydrogen (secondary N) is 2. The van der Waals surface area contributed by atoms with Gasteiger partial charge in [0, 0.05) is 18.1 Å². The lowest BCUT2D eigenvalue weighted by molar-refractivity contribution is 0.259. The molecule has 0 spiro atoms. The van der Waals surface area contributed by atoms with Gasteiger partial charge in [-0.3, -0.25) is 4.72 Å². The van der Waals surface area contributed by atoms with Crippen LogP contribution in [0.4, 0.5) is 11.9 Å². The van der Waals surface area contributed by atoms with Gasteiger partial charge in [-0.05, 0) is 24.3 Å². The number of anilines is 2. The van der Waals surface area contributed by atoms with Gasteiger partial charge in [-0.15, -0.1) is 0 Å². The summed E-state index contributed by atoms with van der Waals surface area (Å²) in [7, 11) is -0.531. The van der Waals surface area contributed by atoms with Crippen molar-refractivity contribution in [2.75, 3.05) is 37.1 Å². The molecular weight excluding hydrogens is 436 g/mol. The topological polar surface area (TPSA) is 148 Å². The molecule has 11 nitrogen and oxygen atoms in total. The number of aliphatic hydroxyl groups excluding tert-OH is 1. The highest BCUT2D eigenvalue weighted by atomic mass is 32.2. The predicted octanol–water partition coefficient (Wildman–Crippen LogP) is 1.82. The van der Waals surface area contributed by atoms with Crippen LogP contribution in [0.1, 0.15) is 44.5 Å². The number of sulfonamides is 1. The Morgan fingerprint density at radius 1 is 1.03 bits per heavy atom. The van der Waals surface area contributed by atoms with Crippen molar-refractivity contribution >= 4 is 21.9 Å². The molecule has 3 N–H and O–H groups in total. The standard InChI is InChI=1S/C20H32N6O5S/c1-12(2)9-14(11-27)21-19-22-16(23-20(25-19)26-32(6,28)29)10-13(3)15-7-8-17(30-4)24-18(15)31-5/h7-8,12-14,27H,9-11H2,1-6H3,(H2,21,22,23,25,26)/t13-,14-/m1/s1. The maximum absolute atomic E-state index is 11.7. The molecule has 32 heavy (non-hydrogen) atoms. The van der Waals surface area contributed by atoms with Crippen molar-refractivity contribution in [2.45, 2.75) is 45.6 Å². The van der Waals surface area contributed by atoms with Crippen LogP contribution in [0.25, 0.3) is 0 Å². The lowest BCUT2D eigenvalue weighted by atomic mass is 9.98. The third-order valence-electron chi connectivity index (χ3n) is 4.55. The predicted molar refractivity (Wildman–Crippen MR) is 122 cm³/mol. The molecule has 0 saturated heterocycles. The summed E-state index contributed by atoms with van der Waals surface area (Å²) in [6.45, 7) is 5.93. The van der Waals surface area contributed by atoms with Crippen molar-refractivity contribution in [3.8, 4) is 11.8 Å². The van der Waals surface area contributed by atoms with E-state index in [4.69, 9.17) is 9.47 Å². The van der Waals surface area contributed by atoms with E-state index in [-0.39, 0.29) is 30.5 Å². The van der Waals surface area contributed by atoms with Gasteiger partial charge in [0.25, 0.3) is 0 Å². The summed E-state index contributed by atoms with van der Waals surface area (Å²) in [6, 6.07) is 3.32. The minimum Gasteiger partial charge on any atom is -0.481 e. The summed E-state index contributed by atoms with van der Waals surface area (Å²) in [5.74, 6) is 1.57. The van der Waals surface area contributed by atoms with Gasteiger partial charge >= 0.3 is 0 Å². The Hall–Kier alpha value is -2.73. The van der Waals surface area contributed by atoms with Gasteiger partial charge < -0.3 is 19.9 Å². The average molecular weight is 469 g/mol. The Morgan fingerprint density at radius 3 is 2.28 bits per heavy atom. The lowest BCUT2D eigenvalue weighted by Gasteiger charge is -2.19. The Morgan fingerprint density at radius 2 is 1.72 bits per heavy atom. The minimum absolute atomic E-state index is 0.0896. The highest BCUT2D eigenvalue weighted by Gasteiger charge is 2.19. The minimum atomic E-state index is -3.59. The van der Waals surface area contributed by atoms with Crippen LogP contribution in [0.3, 0.4) is 0 Å². The molecule has 0 amide bonds. The number of hydrogen-bond donors (Lipinski definition) is 3. The monoisotopic (exact) mass is 468 g/mol. The number of methoxy groups -OCH3 is 2. The van der Waals surface area contributed by atoms with Crippen LogP contribution in [0.15, 0.2) is 12.1 Å². The number of nitrogens with zero attached hydrogens (tertiary/aromatic N) is 4. The molecule has 0 radical (unpaired) electrons. The van der Waals surface area contributed by atoms with E-state index >= 15 is 0 Å². The SMILES string of the molecule is COc1ccc([C@H](C)Cc2nc(N[C@@H](CO)CC(C)C)nc(NS(C)(=O)=O)n2)c(OC)n1. The van der Waals surface area contributed by atoms with Gasteiger partial charge in [0.05, 0.1) is 33.1 Å². The molecule has 12 heteroatoms. The largest absolute Gasteiger partial charge is 0.481 e. The van der Waals surface area contributed by atoms with Crippen molar-refractivity contribution < 1.29 is 23.0 Å². The van der Waals surface area contributed by atoms with E-state index in [1.54, 1.807) is 6.07 Å². The maximum atomic E-state index is 11.7. The van der Waals surface area contributed by atoms with Crippen molar-refractivity contribution in [3.63, 3.8) is 0 Å². The van der Waals surface area contributed by atoms with Crippen LogP contribution in [-0.2, 0) is 16.4 Å². The number of aliphatic hydroxyl groups is 1. The molecular formula is C20H32N6O5S. The quantitative estimate of drug-likeness (QED) is 0.421. The molecule has 2 rings (SSSR count). The first-order valence-electron chi connectivity index (χ1n) is 10.2. The van der Waals surface area contributed by atoms with E-state index in [2.05, 4.69) is 30.0 Å². The fourth-order valence-corrected chi connectivity index (χ4v) is 3.61. The van der Waals surface area contributed by atoms with E-state index < -0.39 is 10.0 Å². The second-order valence-electron chi connectivity index (χ2n) is 7.98. The van der Waals surface area contributed by atoms with Gasteiger partial charge in [0.15, 0.2) is 0 Å². The third kappa shape index (κ3) is 7.75. The van der Waals surface area contributed by atoms with Gasteiger partial charge in [-0.2, -0.15) is 19.9 Å². The zero-order valence-electron chi connectivity index (χ0n) is 19.3. The summed E-state index contributed by atoms with van der Waals surface area (Å²) < 4.78 is 36.3. The zero-order valence-corrected chi connectivity index (χ0v) is 20.1. The molecule has 0 aromatic carbocycles. The van der Waals surface area contributed by atoms with Crippen LogP contribution in [0, 0.1) is 5.92 Å². The molecule has 2 aromatic heterocycles. The van der Waals surface area contributed by atoms with Crippen LogP contribution < -0.4 is 19.5 Å². The normalized spacial score (nSPS) is 13.5. The second kappa shape index (κ2) is 11.2. The van der Waals surface area contributed by atoms with Crippen molar-refractivity contribution in [1.82, 2.24) is 19.9 Å². The van der Waals surface area contributed by atoms with E-state index in [1.165, 1.54) is 14.2 Å². The van der Waals surface area contributed by atoms with Crippen LogP contribution in [0.5, 0.6) is 11.8 Å². The molecule has 2 atom stereocenters. The van der Waals surface area contributed by atoms with Gasteiger partial charge in [0.2, 0.25) is 33.7 Å². The molecule has 2 heterocycles. The summed E-state index contributed by atoms with van der Waals surface area (Å²) in [4.78, 5) is 17.2. The summed E-state index contributed by atoms with van der Waals surface area (Å²) >= 11 is 0. The van der Waals surface area contributed by atoms with Gasteiger partial charge in [-0.1, -0.05) is 20.8 Å². The maximum Gasteiger partial charge on any atom is 0.241 e. The first kappa shape index (κ1) is 25.5. The highest BCUT2D eigenvalue weighted by Crippen LogP contribution is 2.29. The van der Waals surface area contributed by atoms with E-state index in [0.717, 1.165) is 11.8 Å². The number of hydrogen-bond acceptors (Lipinski definition) is 10. The van der Waals surface area contributed by atoms with Crippen molar-refractivity contribution in [3.05, 3.63) is 23.5 Å². The molecule has 0 unspecified atom stereocenters. The van der Waals surface area contributed by atoms with E-state index in [1.807, 2.05) is 26.8 Å². The molecule has 0 aliphatic rings. The first-order chi connectivity index (χ1) is 15.0. The summed E-state index contributed by atoms with van der Waals surface area (Å²) in [5.41, 5.74) is 0.828. The fraction of sp³-hybridized carbons (Fsp3) is 0.600. The van der Waals surface area contributed by atoms with Crippen LogP contribution >= 0.6 is 0 Å². The third-order valence-corrected chi connectivity index (χ3v) is 5.11. The number of rotatable bonds is 12. The summed E-state index contributed by atoms with van der Waals surface area (Å²) in [5, 5.41) is 12.8. The van der Waals surface area contributed by atoms with Gasteiger partial charge in [0.1, 0.15) is 5.82 Å². The smallest absolute Gasteiger partial charge is 0.241 e. The van der Waals surface area contributed by atoms with Gasteiger partial charge in [-0.25, -0.2) is 8.42 Å². The van der Waals surface area contributed by atoms with Crippen LogP contribution in [-0.4, -0.2) is 66.6 Å². The van der Waals surface area contributed by atoms with Crippen molar-refractivity contribution in [2.24, 2.45) is 5.92 Å². The molecule has 178 valence electrons. The molecule has 0 aliphatic carbocycles.